The molecule has 0 unspecified atom stereocenters. The van der Waals surface area contributed by atoms with Crippen LogP contribution in [0.4, 0.5) is 21.6 Å². The van der Waals surface area contributed by atoms with Crippen LogP contribution in [-0.4, -0.2) is 87.9 Å². The summed E-state index contributed by atoms with van der Waals surface area (Å²) < 4.78 is 64.9. The molecular formula is C26H30ClFN6O4S2. The highest BCUT2D eigenvalue weighted by atomic mass is 35.5. The van der Waals surface area contributed by atoms with E-state index >= 15 is 0 Å². The van der Waals surface area contributed by atoms with Gasteiger partial charge in [-0.15, -0.1) is 0 Å². The molecule has 214 valence electrons. The molecule has 0 saturated carbocycles. The van der Waals surface area contributed by atoms with Gasteiger partial charge in [-0.2, -0.15) is 3.71 Å². The maximum absolute atomic E-state index is 13.7. The molecule has 0 bridgehead atoms. The zero-order valence-electron chi connectivity index (χ0n) is 22.7. The van der Waals surface area contributed by atoms with Gasteiger partial charge in [0.2, 0.25) is 20.0 Å². The molecule has 2 aromatic carbocycles. The first-order valence-corrected chi connectivity index (χ1v) is 16.3. The van der Waals surface area contributed by atoms with Crippen molar-refractivity contribution in [3.63, 3.8) is 0 Å². The largest absolute Gasteiger partial charge is 0.340 e. The Labute approximate surface area is 239 Å². The molecule has 1 fully saturated rings. The van der Waals surface area contributed by atoms with E-state index in [-0.39, 0.29) is 21.8 Å². The molecule has 0 atom stereocenters. The zero-order chi connectivity index (χ0) is 29.5. The predicted molar refractivity (Wildman–Crippen MR) is 156 cm³/mol. The van der Waals surface area contributed by atoms with Crippen molar-refractivity contribution in [2.75, 3.05) is 54.8 Å². The topological polar surface area (TPSA) is 116 Å². The first-order valence-electron chi connectivity index (χ1n) is 12.2. The number of benzene rings is 2. The summed E-state index contributed by atoms with van der Waals surface area (Å²) in [5, 5.41) is 3.42. The van der Waals surface area contributed by atoms with Crippen LogP contribution in [0.2, 0.25) is 5.02 Å². The summed E-state index contributed by atoms with van der Waals surface area (Å²) in [4.78, 5) is 13.0. The summed E-state index contributed by atoms with van der Waals surface area (Å²) in [5.41, 5.74) is 0.137. The molecule has 3 aromatic rings. The fraction of sp³-hybridized carbons (Fsp3) is 0.385. The number of hydrogen-bond acceptors (Lipinski definition) is 9. The third-order valence-electron chi connectivity index (χ3n) is 6.53. The number of halogens is 2. The van der Waals surface area contributed by atoms with Crippen LogP contribution >= 0.6 is 11.6 Å². The van der Waals surface area contributed by atoms with Gasteiger partial charge in [0.05, 0.1) is 39.8 Å². The smallest absolute Gasteiger partial charge is 0.245 e. The normalized spacial score (nSPS) is 15.5. The Morgan fingerprint density at radius 2 is 1.68 bits per heavy atom. The van der Waals surface area contributed by atoms with Crippen molar-refractivity contribution in [3.8, 4) is 11.8 Å². The number of sulfonamides is 2. The summed E-state index contributed by atoms with van der Waals surface area (Å²) in [7, 11) is -6.47. The van der Waals surface area contributed by atoms with Crippen LogP contribution in [0.5, 0.6) is 0 Å². The van der Waals surface area contributed by atoms with Gasteiger partial charge in [-0.05, 0) is 51.2 Å². The SMILES string of the molecule is CN1CCN(C(C)(C)C#Cc2cc3c(Nc4ccc(F)c(Cl)c4)ncnc3cc2N(S(C)(=O)=O)S(C)(=O)=O)CC1. The Morgan fingerprint density at radius 3 is 2.27 bits per heavy atom. The highest BCUT2D eigenvalue weighted by Gasteiger charge is 2.31. The highest BCUT2D eigenvalue weighted by molar-refractivity contribution is 8.09. The van der Waals surface area contributed by atoms with Gasteiger partial charge < -0.3 is 10.2 Å². The fourth-order valence-corrected chi connectivity index (χ4v) is 7.59. The van der Waals surface area contributed by atoms with Gasteiger partial charge in [0.15, 0.2) is 0 Å². The summed E-state index contributed by atoms with van der Waals surface area (Å²) in [6.07, 6.45) is 2.87. The van der Waals surface area contributed by atoms with Gasteiger partial charge in [0, 0.05) is 37.3 Å². The third kappa shape index (κ3) is 6.64. The molecule has 1 aliphatic rings. The third-order valence-corrected chi connectivity index (χ3v) is 10.0. The van der Waals surface area contributed by atoms with Crippen LogP contribution in [0.25, 0.3) is 10.9 Å². The van der Waals surface area contributed by atoms with Crippen molar-refractivity contribution < 1.29 is 21.2 Å². The molecule has 10 nitrogen and oxygen atoms in total. The predicted octanol–water partition coefficient (Wildman–Crippen LogP) is 3.27. The average molecular weight is 609 g/mol. The van der Waals surface area contributed by atoms with Crippen LogP contribution in [-0.2, 0) is 20.0 Å². The van der Waals surface area contributed by atoms with Gasteiger partial charge in [0.1, 0.15) is 18.0 Å². The second-order valence-corrected chi connectivity index (χ2v) is 14.5. The molecule has 2 heterocycles. The molecule has 0 radical (unpaired) electrons. The van der Waals surface area contributed by atoms with Crippen LogP contribution in [0.3, 0.4) is 0 Å². The monoisotopic (exact) mass is 608 g/mol. The molecule has 0 amide bonds. The minimum Gasteiger partial charge on any atom is -0.340 e. The van der Waals surface area contributed by atoms with E-state index < -0.39 is 31.4 Å². The van der Waals surface area contributed by atoms with Crippen molar-refractivity contribution in [2.45, 2.75) is 19.4 Å². The van der Waals surface area contributed by atoms with E-state index in [1.165, 1.54) is 30.6 Å². The Morgan fingerprint density at radius 1 is 1.02 bits per heavy atom. The lowest BCUT2D eigenvalue weighted by Crippen LogP contribution is -2.53. The molecule has 0 aliphatic carbocycles. The second-order valence-electron chi connectivity index (χ2n) is 10.2. The van der Waals surface area contributed by atoms with E-state index in [0.717, 1.165) is 38.7 Å². The lowest BCUT2D eigenvalue weighted by atomic mass is 10.0. The number of piperazine rings is 1. The maximum Gasteiger partial charge on any atom is 0.245 e. The minimum atomic E-state index is -4.26. The maximum atomic E-state index is 13.7. The number of nitrogens with zero attached hydrogens (tertiary/aromatic N) is 5. The van der Waals surface area contributed by atoms with E-state index in [9.17, 15) is 21.2 Å². The number of likely N-dealkylation sites (N-methyl/N-ethyl adjacent to an activating group) is 1. The number of anilines is 3. The van der Waals surface area contributed by atoms with Gasteiger partial charge in [-0.1, -0.05) is 23.4 Å². The Balaban J connectivity index is 1.90. The average Bonchev–Trinajstić information content (AvgIpc) is 2.84. The molecule has 40 heavy (non-hydrogen) atoms. The number of aromatic nitrogens is 2. The summed E-state index contributed by atoms with van der Waals surface area (Å²) >= 11 is 5.93. The van der Waals surface area contributed by atoms with E-state index in [2.05, 4.69) is 44.0 Å². The van der Waals surface area contributed by atoms with E-state index in [1.54, 1.807) is 6.07 Å². The molecular weight excluding hydrogens is 579 g/mol. The number of hydrogen-bond donors (Lipinski definition) is 1. The lowest BCUT2D eigenvalue weighted by Gasteiger charge is -2.40. The van der Waals surface area contributed by atoms with Crippen LogP contribution in [0, 0.1) is 17.7 Å². The molecule has 4 rings (SSSR count). The number of nitrogens with one attached hydrogen (secondary N) is 1. The second kappa shape index (κ2) is 11.1. The van der Waals surface area contributed by atoms with Crippen LogP contribution in [0.1, 0.15) is 19.4 Å². The quantitative estimate of drug-likeness (QED) is 0.421. The fourth-order valence-electron chi connectivity index (χ4n) is 4.42. The van der Waals surface area contributed by atoms with E-state index in [4.69, 9.17) is 11.6 Å². The molecule has 1 saturated heterocycles. The van der Waals surface area contributed by atoms with Crippen molar-refractivity contribution >= 4 is 59.7 Å². The minimum absolute atomic E-state index is 0.0831. The van der Waals surface area contributed by atoms with Crippen molar-refractivity contribution in [2.24, 2.45) is 0 Å². The van der Waals surface area contributed by atoms with Crippen molar-refractivity contribution in [3.05, 3.63) is 53.1 Å². The van der Waals surface area contributed by atoms with E-state index in [1.807, 2.05) is 13.8 Å². The van der Waals surface area contributed by atoms with Crippen LogP contribution in [0.15, 0.2) is 36.7 Å². The molecule has 1 aliphatic heterocycles. The van der Waals surface area contributed by atoms with E-state index in [0.29, 0.717) is 20.6 Å². The molecule has 0 spiro atoms. The summed E-state index contributed by atoms with van der Waals surface area (Å²) in [5.74, 6) is 6.02. The molecule has 14 heteroatoms. The Bertz CT molecular complexity index is 1700. The lowest BCUT2D eigenvalue weighted by molar-refractivity contribution is 0.0946. The Kier molecular flexibility index (Phi) is 8.31. The van der Waals surface area contributed by atoms with Crippen molar-refractivity contribution in [1.29, 1.82) is 0 Å². The summed E-state index contributed by atoms with van der Waals surface area (Å²) in [6, 6.07) is 6.99. The molecule has 1 aromatic heterocycles. The van der Waals surface area contributed by atoms with Crippen molar-refractivity contribution in [1.82, 2.24) is 19.8 Å². The molecule has 1 N–H and O–H groups in total. The summed E-state index contributed by atoms with van der Waals surface area (Å²) in [6.45, 7) is 7.27. The van der Waals surface area contributed by atoms with Gasteiger partial charge in [-0.3, -0.25) is 4.90 Å². The first kappa shape index (κ1) is 30.0. The van der Waals surface area contributed by atoms with Gasteiger partial charge in [-0.25, -0.2) is 31.2 Å². The number of fused-ring (bicyclic) bond motifs is 1. The Hall–Kier alpha value is -3.02. The van der Waals surface area contributed by atoms with Gasteiger partial charge >= 0.3 is 0 Å². The highest BCUT2D eigenvalue weighted by Crippen LogP contribution is 2.33. The zero-order valence-corrected chi connectivity index (χ0v) is 25.1. The van der Waals surface area contributed by atoms with Gasteiger partial charge in [0.25, 0.3) is 0 Å². The standard InChI is InChI=1S/C26H30ClFN6O4S2/c1-26(2,33-12-10-32(3)11-13-33)9-8-18-14-20-23(16-24(18)34(39(4,35)36)40(5,37)38)29-17-30-25(20)31-19-6-7-22(28)21(27)15-19/h6-7,14-17H,10-13H2,1-5H3,(H,29,30,31). The first-order chi connectivity index (χ1) is 18.6. The van der Waals surface area contributed by atoms with Crippen LogP contribution < -0.4 is 9.03 Å². The number of rotatable bonds is 6.